The SMILES string of the molecule is [B]c1cc(C2CCCCC2)ccc1-c1ccc(C2CCCCC2)cc1. The first-order chi connectivity index (χ1) is 12.3. The zero-order valence-electron chi connectivity index (χ0n) is 15.3. The molecular weight excluding hydrogens is 299 g/mol. The predicted molar refractivity (Wildman–Crippen MR) is 109 cm³/mol. The molecule has 2 aromatic carbocycles. The zero-order chi connectivity index (χ0) is 17.1. The summed E-state index contributed by atoms with van der Waals surface area (Å²) in [5.41, 5.74) is 6.34. The summed E-state index contributed by atoms with van der Waals surface area (Å²) in [7, 11) is 6.44. The highest BCUT2D eigenvalue weighted by atomic mass is 14.2. The maximum Gasteiger partial charge on any atom is 0.114 e. The molecule has 0 spiro atoms. The lowest BCUT2D eigenvalue weighted by Gasteiger charge is -2.23. The monoisotopic (exact) mass is 328 g/mol. The van der Waals surface area contributed by atoms with E-state index in [4.69, 9.17) is 7.85 Å². The van der Waals surface area contributed by atoms with Crippen LogP contribution in [0.25, 0.3) is 11.1 Å². The minimum Gasteiger partial charge on any atom is -0.0887 e. The predicted octanol–water partition coefficient (Wildman–Crippen LogP) is 6.24. The van der Waals surface area contributed by atoms with Gasteiger partial charge in [0.15, 0.2) is 0 Å². The molecule has 2 fully saturated rings. The van der Waals surface area contributed by atoms with Crippen LogP contribution in [0.15, 0.2) is 42.5 Å². The van der Waals surface area contributed by atoms with E-state index in [-0.39, 0.29) is 0 Å². The lowest BCUT2D eigenvalue weighted by atomic mass is 9.79. The van der Waals surface area contributed by atoms with Crippen molar-refractivity contribution in [2.24, 2.45) is 0 Å². The molecule has 0 unspecified atom stereocenters. The van der Waals surface area contributed by atoms with Crippen LogP contribution in [0.2, 0.25) is 0 Å². The molecule has 0 nitrogen and oxygen atoms in total. The van der Waals surface area contributed by atoms with Gasteiger partial charge in [-0.3, -0.25) is 0 Å². The lowest BCUT2D eigenvalue weighted by Crippen LogP contribution is -2.12. The second kappa shape index (κ2) is 7.81. The smallest absolute Gasteiger partial charge is 0.0887 e. The van der Waals surface area contributed by atoms with Crippen molar-refractivity contribution in [2.75, 3.05) is 0 Å². The minimum absolute atomic E-state index is 0.721. The summed E-state index contributed by atoms with van der Waals surface area (Å²) >= 11 is 0. The van der Waals surface area contributed by atoms with E-state index in [1.165, 1.54) is 86.5 Å². The fraction of sp³-hybridized carbons (Fsp3) is 0.500. The zero-order valence-corrected chi connectivity index (χ0v) is 15.3. The Bertz CT molecular complexity index is 689. The van der Waals surface area contributed by atoms with Crippen LogP contribution in [0.4, 0.5) is 0 Å². The summed E-state index contributed by atoms with van der Waals surface area (Å²) in [6, 6.07) is 16.0. The van der Waals surface area contributed by atoms with Gasteiger partial charge in [0.25, 0.3) is 0 Å². The van der Waals surface area contributed by atoms with Crippen LogP contribution in [0.1, 0.15) is 87.2 Å². The number of hydrogen-bond donors (Lipinski definition) is 0. The van der Waals surface area contributed by atoms with E-state index < -0.39 is 0 Å². The van der Waals surface area contributed by atoms with Crippen molar-refractivity contribution in [3.63, 3.8) is 0 Å². The highest BCUT2D eigenvalue weighted by molar-refractivity contribution is 6.36. The Kier molecular flexibility index (Phi) is 5.29. The van der Waals surface area contributed by atoms with Gasteiger partial charge in [0.2, 0.25) is 0 Å². The highest BCUT2D eigenvalue weighted by Gasteiger charge is 2.17. The molecule has 128 valence electrons. The normalized spacial score (nSPS) is 19.8. The van der Waals surface area contributed by atoms with Gasteiger partial charge in [-0.25, -0.2) is 0 Å². The van der Waals surface area contributed by atoms with Crippen molar-refractivity contribution in [1.29, 1.82) is 0 Å². The van der Waals surface area contributed by atoms with Gasteiger partial charge in [-0.2, -0.15) is 0 Å². The van der Waals surface area contributed by atoms with E-state index in [2.05, 4.69) is 42.5 Å². The quantitative estimate of drug-likeness (QED) is 0.585. The average molecular weight is 328 g/mol. The lowest BCUT2D eigenvalue weighted by molar-refractivity contribution is 0.443. The van der Waals surface area contributed by atoms with E-state index in [1.807, 2.05) is 0 Å². The first kappa shape index (κ1) is 16.9. The number of hydrogen-bond acceptors (Lipinski definition) is 0. The molecule has 0 aromatic heterocycles. The fourth-order valence-corrected chi connectivity index (χ4v) is 4.90. The van der Waals surface area contributed by atoms with Gasteiger partial charge in [-0.1, -0.05) is 86.5 Å². The Balaban J connectivity index is 1.52. The summed E-state index contributed by atoms with van der Waals surface area (Å²) in [5, 5.41) is 0. The van der Waals surface area contributed by atoms with Crippen LogP contribution in [0, 0.1) is 0 Å². The second-order valence-corrected chi connectivity index (χ2v) is 8.14. The van der Waals surface area contributed by atoms with Crippen molar-refractivity contribution in [3.05, 3.63) is 53.6 Å². The van der Waals surface area contributed by atoms with Gasteiger partial charge < -0.3 is 0 Å². The maximum absolute atomic E-state index is 6.44. The van der Waals surface area contributed by atoms with Crippen molar-refractivity contribution in [3.8, 4) is 11.1 Å². The molecule has 0 amide bonds. The minimum atomic E-state index is 0.721. The molecule has 0 atom stereocenters. The molecular formula is C24H29B. The topological polar surface area (TPSA) is 0 Å². The summed E-state index contributed by atoms with van der Waals surface area (Å²) in [5.74, 6) is 1.49. The van der Waals surface area contributed by atoms with E-state index in [0.29, 0.717) is 0 Å². The van der Waals surface area contributed by atoms with E-state index in [0.717, 1.165) is 17.3 Å². The molecule has 0 N–H and O–H groups in total. The molecule has 2 radical (unpaired) electrons. The number of benzene rings is 2. The van der Waals surface area contributed by atoms with Crippen LogP contribution in [-0.2, 0) is 0 Å². The number of rotatable bonds is 3. The standard InChI is InChI=1S/C24H29B/c25-24-17-22(19-9-5-2-6-10-19)15-16-23(24)21-13-11-20(12-14-21)18-7-3-1-4-8-18/h11-19H,1-10H2. The van der Waals surface area contributed by atoms with Gasteiger partial charge in [-0.05, 0) is 59.8 Å². The Hall–Kier alpha value is -1.50. The maximum atomic E-state index is 6.44. The molecule has 0 saturated heterocycles. The Morgan fingerprint density at radius 3 is 1.68 bits per heavy atom. The van der Waals surface area contributed by atoms with Gasteiger partial charge >= 0.3 is 0 Å². The molecule has 1 heteroatoms. The van der Waals surface area contributed by atoms with Crippen LogP contribution in [0.5, 0.6) is 0 Å². The van der Waals surface area contributed by atoms with Crippen LogP contribution in [0.3, 0.4) is 0 Å². The van der Waals surface area contributed by atoms with Gasteiger partial charge in [-0.15, -0.1) is 0 Å². The molecule has 25 heavy (non-hydrogen) atoms. The van der Waals surface area contributed by atoms with Gasteiger partial charge in [0.05, 0.1) is 0 Å². The largest absolute Gasteiger partial charge is 0.114 e. The van der Waals surface area contributed by atoms with Crippen LogP contribution >= 0.6 is 0 Å². The van der Waals surface area contributed by atoms with Crippen LogP contribution < -0.4 is 5.46 Å². The molecule has 4 rings (SSSR count). The third kappa shape index (κ3) is 3.86. The first-order valence-corrected chi connectivity index (χ1v) is 10.3. The molecule has 0 bridgehead atoms. The summed E-state index contributed by atoms with van der Waals surface area (Å²) in [4.78, 5) is 0. The Morgan fingerprint density at radius 1 is 0.600 bits per heavy atom. The second-order valence-electron chi connectivity index (χ2n) is 8.14. The molecule has 0 aliphatic heterocycles. The fourth-order valence-electron chi connectivity index (χ4n) is 4.90. The Labute approximate surface area is 154 Å². The molecule has 2 saturated carbocycles. The third-order valence-corrected chi connectivity index (χ3v) is 6.45. The van der Waals surface area contributed by atoms with E-state index in [9.17, 15) is 0 Å². The summed E-state index contributed by atoms with van der Waals surface area (Å²) in [6.07, 6.45) is 13.7. The molecule has 2 aliphatic rings. The Morgan fingerprint density at radius 2 is 1.12 bits per heavy atom. The summed E-state index contributed by atoms with van der Waals surface area (Å²) < 4.78 is 0. The summed E-state index contributed by atoms with van der Waals surface area (Å²) in [6.45, 7) is 0. The van der Waals surface area contributed by atoms with Crippen molar-refractivity contribution in [2.45, 2.75) is 76.0 Å². The average Bonchev–Trinajstić information content (AvgIpc) is 2.69. The van der Waals surface area contributed by atoms with E-state index >= 15 is 0 Å². The van der Waals surface area contributed by atoms with Gasteiger partial charge in [0, 0.05) is 0 Å². The van der Waals surface area contributed by atoms with Crippen molar-refractivity contribution < 1.29 is 0 Å². The van der Waals surface area contributed by atoms with E-state index in [1.54, 1.807) is 0 Å². The molecule has 0 heterocycles. The highest BCUT2D eigenvalue weighted by Crippen LogP contribution is 2.35. The molecule has 2 aromatic rings. The molecule has 2 aliphatic carbocycles. The van der Waals surface area contributed by atoms with Crippen molar-refractivity contribution >= 4 is 13.3 Å². The van der Waals surface area contributed by atoms with Gasteiger partial charge in [0.1, 0.15) is 7.85 Å². The third-order valence-electron chi connectivity index (χ3n) is 6.45. The first-order valence-electron chi connectivity index (χ1n) is 10.3. The van der Waals surface area contributed by atoms with Crippen molar-refractivity contribution in [1.82, 2.24) is 0 Å². The van der Waals surface area contributed by atoms with Crippen LogP contribution in [-0.4, -0.2) is 7.85 Å².